The smallest absolute Gasteiger partial charge is 0.121 e. The molecule has 3 nitrogen and oxygen atoms in total. The number of benzene rings is 4. The predicted molar refractivity (Wildman–Crippen MR) is 210 cm³/mol. The first-order chi connectivity index (χ1) is 24.4. The SMILES string of the molecule is [2H]C(C)(C)c1ccnc(-c2[c-]ccc3c2oc2cc(-c4ccccc4)ccc23)c1.[2H]C([2H])(c1cc(-c2[c-]cccc2)ncc1[Si](C)(C)C)C(C)(C)C.[Ir]. The Kier molecular flexibility index (Phi) is 10.2. The standard InChI is InChI=1S/C26H20NO.C19H26NSi.Ir/c1-17(2)19-13-14-27-24(15-19)23-10-6-9-22-21-12-11-20(16-25(21)28-26(22)23)18-7-4-3-5-8-18;1-19(2,3)13-16-12-17(15-10-8-7-9-11-15)20-14-18(16)21(4,5)6;/h3-9,11-17H,1-2H3;7-10,12,14H,13H2,1-6H3;/q2*-1;/i17D;13D2;. The van der Waals surface area contributed by atoms with Crippen LogP contribution in [0.25, 0.3) is 55.6 Å². The zero-order chi connectivity index (χ0) is 37.5. The zero-order valence-corrected chi connectivity index (χ0v) is 33.5. The molecule has 0 unspecified atom stereocenters. The van der Waals surface area contributed by atoms with E-state index < -0.39 is 25.8 Å². The van der Waals surface area contributed by atoms with Crippen LogP contribution >= 0.6 is 0 Å². The number of hydrogen-bond acceptors (Lipinski definition) is 3. The molecular weight excluding hydrogens is 805 g/mol. The fraction of sp³-hybridized carbons (Fsp3) is 0.244. The molecule has 0 aliphatic carbocycles. The summed E-state index contributed by atoms with van der Waals surface area (Å²) in [6.07, 6.45) is 2.22. The minimum Gasteiger partial charge on any atom is -0.501 e. The maximum atomic E-state index is 8.75. The molecule has 5 heteroatoms. The normalized spacial score (nSPS) is 13.1. The van der Waals surface area contributed by atoms with Crippen LogP contribution in [0.3, 0.4) is 0 Å². The third-order valence-corrected chi connectivity index (χ3v) is 10.4. The third kappa shape index (κ3) is 8.58. The van der Waals surface area contributed by atoms with Crippen molar-refractivity contribution >= 4 is 35.2 Å². The van der Waals surface area contributed by atoms with Gasteiger partial charge in [0.25, 0.3) is 0 Å². The molecule has 0 saturated carbocycles. The van der Waals surface area contributed by atoms with Gasteiger partial charge in [-0.25, -0.2) is 0 Å². The second kappa shape index (κ2) is 15.4. The van der Waals surface area contributed by atoms with E-state index in [1.165, 1.54) is 0 Å². The topological polar surface area (TPSA) is 38.9 Å². The molecule has 0 amide bonds. The Morgan fingerprint density at radius 1 is 0.800 bits per heavy atom. The molecule has 0 spiro atoms. The average molecular weight is 854 g/mol. The van der Waals surface area contributed by atoms with Gasteiger partial charge in [0.1, 0.15) is 5.58 Å². The van der Waals surface area contributed by atoms with Crippen LogP contribution in [-0.2, 0) is 26.5 Å². The molecule has 3 heterocycles. The first kappa shape index (κ1) is 33.0. The van der Waals surface area contributed by atoms with Gasteiger partial charge in [0, 0.05) is 42.0 Å². The third-order valence-electron chi connectivity index (χ3n) is 8.34. The van der Waals surface area contributed by atoms with E-state index in [2.05, 4.69) is 72.1 Å². The first-order valence-electron chi connectivity index (χ1n) is 18.3. The van der Waals surface area contributed by atoms with Gasteiger partial charge in [0.15, 0.2) is 0 Å². The Hall–Kier alpha value is -4.15. The summed E-state index contributed by atoms with van der Waals surface area (Å²) in [7, 11) is -1.70. The molecule has 7 aromatic rings. The van der Waals surface area contributed by atoms with E-state index in [-0.39, 0.29) is 20.1 Å². The van der Waals surface area contributed by atoms with Crippen molar-refractivity contribution in [3.05, 3.63) is 139 Å². The van der Waals surface area contributed by atoms with E-state index in [9.17, 15) is 0 Å². The monoisotopic (exact) mass is 854 g/mol. The Balaban J connectivity index is 0.000000207. The van der Waals surface area contributed by atoms with E-state index >= 15 is 0 Å². The van der Waals surface area contributed by atoms with Crippen molar-refractivity contribution in [3.63, 3.8) is 0 Å². The minimum atomic E-state index is -1.70. The second-order valence-corrected chi connectivity index (χ2v) is 19.8. The predicted octanol–water partition coefficient (Wildman–Crippen LogP) is 11.9. The number of nitrogens with zero attached hydrogens (tertiary/aromatic N) is 2. The molecule has 3 aromatic heterocycles. The minimum absolute atomic E-state index is 0. The van der Waals surface area contributed by atoms with Gasteiger partial charge in [-0.2, -0.15) is 0 Å². The van der Waals surface area contributed by atoms with Crippen LogP contribution in [0.15, 0.2) is 120 Å². The molecule has 0 saturated heterocycles. The van der Waals surface area contributed by atoms with E-state index in [1.54, 1.807) is 6.20 Å². The van der Waals surface area contributed by atoms with Gasteiger partial charge in [-0.3, -0.25) is 0 Å². The van der Waals surface area contributed by atoms with Crippen molar-refractivity contribution < 1.29 is 28.6 Å². The molecule has 0 aliphatic heterocycles. The zero-order valence-electron chi connectivity index (χ0n) is 33.1. The van der Waals surface area contributed by atoms with Crippen LogP contribution in [0.4, 0.5) is 0 Å². The maximum Gasteiger partial charge on any atom is 0.121 e. The molecule has 1 radical (unpaired) electrons. The summed E-state index contributed by atoms with van der Waals surface area (Å²) in [4.78, 5) is 9.14. The summed E-state index contributed by atoms with van der Waals surface area (Å²) in [6.45, 7) is 16.3. The van der Waals surface area contributed by atoms with Gasteiger partial charge in [-0.05, 0) is 57.5 Å². The van der Waals surface area contributed by atoms with Gasteiger partial charge in [0.05, 0.1) is 13.7 Å². The van der Waals surface area contributed by atoms with E-state index in [0.29, 0.717) is 0 Å². The van der Waals surface area contributed by atoms with E-state index in [1.807, 2.05) is 114 Å². The number of fused-ring (bicyclic) bond motifs is 3. The first-order valence-corrected chi connectivity index (χ1v) is 20.3. The summed E-state index contributed by atoms with van der Waals surface area (Å²) < 4.78 is 32.1. The number of furan rings is 1. The quantitative estimate of drug-likeness (QED) is 0.124. The van der Waals surface area contributed by atoms with Crippen molar-refractivity contribution in [1.29, 1.82) is 0 Å². The van der Waals surface area contributed by atoms with Crippen LogP contribution in [0, 0.1) is 17.5 Å². The molecular formula is C45H46IrN2OSi-2. The Morgan fingerprint density at radius 2 is 1.56 bits per heavy atom. The van der Waals surface area contributed by atoms with Crippen LogP contribution in [-0.4, -0.2) is 18.0 Å². The van der Waals surface area contributed by atoms with Gasteiger partial charge in [-0.15, -0.1) is 54.1 Å². The second-order valence-electron chi connectivity index (χ2n) is 14.7. The van der Waals surface area contributed by atoms with Crippen molar-refractivity contribution in [3.8, 4) is 33.6 Å². The number of pyridine rings is 2. The van der Waals surface area contributed by atoms with E-state index in [4.69, 9.17) is 8.53 Å². The molecule has 0 fully saturated rings. The van der Waals surface area contributed by atoms with Crippen LogP contribution in [0.5, 0.6) is 0 Å². The van der Waals surface area contributed by atoms with Crippen LogP contribution < -0.4 is 5.19 Å². The molecule has 4 aromatic carbocycles. The summed E-state index contributed by atoms with van der Waals surface area (Å²) in [6, 6.07) is 40.6. The van der Waals surface area contributed by atoms with Crippen molar-refractivity contribution in [2.24, 2.45) is 5.41 Å². The van der Waals surface area contributed by atoms with Gasteiger partial charge < -0.3 is 14.4 Å². The van der Waals surface area contributed by atoms with Gasteiger partial charge in [0.2, 0.25) is 0 Å². The summed E-state index contributed by atoms with van der Waals surface area (Å²) in [5.74, 6) is -0.690. The fourth-order valence-electron chi connectivity index (χ4n) is 5.88. The van der Waals surface area contributed by atoms with Gasteiger partial charge >= 0.3 is 0 Å². The number of hydrogen-bond donors (Lipinski definition) is 0. The van der Waals surface area contributed by atoms with E-state index in [0.717, 1.165) is 71.9 Å². The number of rotatable bonds is 6. The fourth-order valence-corrected chi connectivity index (χ4v) is 7.28. The average Bonchev–Trinajstić information content (AvgIpc) is 3.49. The Bertz CT molecular complexity index is 2340. The number of aromatic nitrogens is 2. The Morgan fingerprint density at radius 3 is 2.24 bits per heavy atom. The van der Waals surface area contributed by atoms with Gasteiger partial charge in [-0.1, -0.05) is 131 Å². The Labute approximate surface area is 316 Å². The summed E-state index contributed by atoms with van der Waals surface area (Å²) in [5, 5.41) is 3.22. The molecule has 0 N–H and O–H groups in total. The molecule has 0 aliphatic rings. The van der Waals surface area contributed by atoms with Crippen molar-refractivity contribution in [2.75, 3.05) is 0 Å². The molecule has 0 bridgehead atoms. The summed E-state index contributed by atoms with van der Waals surface area (Å²) in [5.41, 5.74) is 8.41. The van der Waals surface area contributed by atoms with Crippen LogP contribution in [0.2, 0.25) is 19.6 Å². The molecule has 257 valence electrons. The van der Waals surface area contributed by atoms with Crippen molar-refractivity contribution in [2.45, 2.75) is 66.5 Å². The van der Waals surface area contributed by atoms with Crippen LogP contribution in [0.1, 0.15) is 55.8 Å². The molecule has 7 rings (SSSR count). The largest absolute Gasteiger partial charge is 0.501 e. The molecule has 50 heavy (non-hydrogen) atoms. The maximum absolute atomic E-state index is 8.75. The summed E-state index contributed by atoms with van der Waals surface area (Å²) >= 11 is 0. The molecule has 0 atom stereocenters. The van der Waals surface area contributed by atoms with Crippen molar-refractivity contribution in [1.82, 2.24) is 9.97 Å².